The normalized spacial score (nSPS) is 14.9. The van der Waals surface area contributed by atoms with Crippen molar-refractivity contribution in [2.45, 2.75) is 57.3 Å². The Kier molecular flexibility index (Phi) is 13.7. The molecule has 0 aromatic rings. The largest absolute Gasteiger partial charge is 0.394 e. The van der Waals surface area contributed by atoms with E-state index in [1.54, 1.807) is 0 Å². The van der Waals surface area contributed by atoms with Gasteiger partial charge in [0.2, 0.25) is 23.6 Å². The van der Waals surface area contributed by atoms with E-state index >= 15 is 0 Å². The number of carbonyl (C=O) groups excluding carboxylic acids is 5. The maximum Gasteiger partial charge on any atom is 0.245 e. The van der Waals surface area contributed by atoms with Crippen LogP contribution < -0.4 is 27.4 Å². The van der Waals surface area contributed by atoms with Crippen molar-refractivity contribution in [2.75, 3.05) is 18.6 Å². The van der Waals surface area contributed by atoms with Crippen LogP contribution in [0.25, 0.3) is 0 Å². The number of amides is 4. The zero-order valence-corrected chi connectivity index (χ0v) is 18.4. The maximum atomic E-state index is 12.6. The highest BCUT2D eigenvalue weighted by atomic mass is 32.2. The molecule has 0 saturated carbocycles. The molecule has 4 atom stereocenters. The number of carbonyl (C=O) groups is 5. The summed E-state index contributed by atoms with van der Waals surface area (Å²) in [4.78, 5) is 59.1. The van der Waals surface area contributed by atoms with Crippen LogP contribution in [0.3, 0.4) is 0 Å². The molecule has 0 fully saturated rings. The zero-order chi connectivity index (χ0) is 23.3. The Morgan fingerprint density at radius 3 is 2.07 bits per heavy atom. The summed E-state index contributed by atoms with van der Waals surface area (Å²) in [5, 5.41) is 16.8. The van der Waals surface area contributed by atoms with Crippen molar-refractivity contribution in [1.82, 2.24) is 16.0 Å². The molecule has 0 rings (SSSR count). The van der Waals surface area contributed by atoms with Gasteiger partial charge in [0.25, 0.3) is 0 Å². The SMILES string of the molecule is CSCC[C@H](NC(=O)[C@H](CO)NC(=O)[C@@H](N)CC(N)=O)C(=O)N[C@H](C=O)CC(C)C. The number of rotatable bonds is 15. The summed E-state index contributed by atoms with van der Waals surface area (Å²) in [7, 11) is 0. The molecule has 172 valence electrons. The number of primary amides is 1. The third kappa shape index (κ3) is 11.1. The molecular formula is C18H33N5O6S. The van der Waals surface area contributed by atoms with Gasteiger partial charge in [-0.15, -0.1) is 0 Å². The fourth-order valence-electron chi connectivity index (χ4n) is 2.50. The van der Waals surface area contributed by atoms with Gasteiger partial charge in [0.05, 0.1) is 25.1 Å². The van der Waals surface area contributed by atoms with Crippen LogP contribution in [0.2, 0.25) is 0 Å². The molecule has 0 aliphatic rings. The van der Waals surface area contributed by atoms with E-state index in [2.05, 4.69) is 16.0 Å². The Hall–Kier alpha value is -2.18. The molecule has 30 heavy (non-hydrogen) atoms. The summed E-state index contributed by atoms with van der Waals surface area (Å²) in [5.41, 5.74) is 10.5. The Balaban J connectivity index is 5.12. The molecular weight excluding hydrogens is 414 g/mol. The molecule has 11 nitrogen and oxygen atoms in total. The third-order valence-electron chi connectivity index (χ3n) is 4.03. The van der Waals surface area contributed by atoms with Crippen molar-refractivity contribution in [1.29, 1.82) is 0 Å². The number of aldehydes is 1. The molecule has 0 unspecified atom stereocenters. The van der Waals surface area contributed by atoms with Crippen LogP contribution in [-0.4, -0.2) is 77.8 Å². The van der Waals surface area contributed by atoms with E-state index in [-0.39, 0.29) is 12.3 Å². The van der Waals surface area contributed by atoms with Crippen LogP contribution >= 0.6 is 11.8 Å². The number of aliphatic hydroxyl groups excluding tert-OH is 1. The highest BCUT2D eigenvalue weighted by Gasteiger charge is 2.28. The van der Waals surface area contributed by atoms with Crippen molar-refractivity contribution in [3.8, 4) is 0 Å². The number of nitrogens with one attached hydrogen (secondary N) is 3. The van der Waals surface area contributed by atoms with Gasteiger partial charge in [0.15, 0.2) is 0 Å². The van der Waals surface area contributed by atoms with Crippen LogP contribution in [0.4, 0.5) is 0 Å². The fraction of sp³-hybridized carbons (Fsp3) is 0.722. The van der Waals surface area contributed by atoms with E-state index in [9.17, 15) is 29.1 Å². The minimum absolute atomic E-state index is 0.179. The summed E-state index contributed by atoms with van der Waals surface area (Å²) in [5.74, 6) is -2.24. The van der Waals surface area contributed by atoms with Crippen molar-refractivity contribution >= 4 is 41.7 Å². The van der Waals surface area contributed by atoms with Gasteiger partial charge < -0.3 is 37.3 Å². The van der Waals surface area contributed by atoms with E-state index in [0.717, 1.165) is 0 Å². The van der Waals surface area contributed by atoms with Gasteiger partial charge in [-0.2, -0.15) is 11.8 Å². The van der Waals surface area contributed by atoms with Crippen LogP contribution in [0.15, 0.2) is 0 Å². The second-order valence-electron chi connectivity index (χ2n) is 7.24. The number of aliphatic hydroxyl groups is 1. The van der Waals surface area contributed by atoms with Crippen molar-refractivity contribution in [3.05, 3.63) is 0 Å². The standard InChI is InChI=1S/C18H33N5O6S/c1-10(2)6-11(8-24)21-17(28)13(4-5-30-3)22-18(29)14(9-25)23-16(27)12(19)7-15(20)26/h8,10-14,25H,4-7,9,19H2,1-3H3,(H2,20,26)(H,21,28)(H,22,29)(H,23,27)/t11-,12-,13-,14-/m0/s1. The molecule has 0 saturated heterocycles. The molecule has 0 aromatic heterocycles. The van der Waals surface area contributed by atoms with Crippen LogP contribution in [0, 0.1) is 5.92 Å². The van der Waals surface area contributed by atoms with Gasteiger partial charge in [0.1, 0.15) is 18.4 Å². The predicted molar refractivity (Wildman–Crippen MR) is 113 cm³/mol. The van der Waals surface area contributed by atoms with Gasteiger partial charge in [-0.25, -0.2) is 0 Å². The minimum atomic E-state index is -1.38. The fourth-order valence-corrected chi connectivity index (χ4v) is 2.97. The minimum Gasteiger partial charge on any atom is -0.394 e. The average molecular weight is 448 g/mol. The Morgan fingerprint density at radius 1 is 1.03 bits per heavy atom. The molecule has 0 bridgehead atoms. The average Bonchev–Trinajstić information content (AvgIpc) is 2.67. The van der Waals surface area contributed by atoms with Crippen molar-refractivity contribution in [3.63, 3.8) is 0 Å². The Bertz CT molecular complexity index is 604. The highest BCUT2D eigenvalue weighted by Crippen LogP contribution is 2.06. The van der Waals surface area contributed by atoms with Gasteiger partial charge in [0, 0.05) is 0 Å². The number of hydrogen-bond acceptors (Lipinski definition) is 8. The summed E-state index contributed by atoms with van der Waals surface area (Å²) in [6.45, 7) is 3.07. The van der Waals surface area contributed by atoms with Gasteiger partial charge in [-0.3, -0.25) is 19.2 Å². The molecule has 0 radical (unpaired) electrons. The number of thioether (sulfide) groups is 1. The lowest BCUT2D eigenvalue weighted by Gasteiger charge is -2.24. The van der Waals surface area contributed by atoms with E-state index in [1.807, 2.05) is 20.1 Å². The smallest absolute Gasteiger partial charge is 0.245 e. The lowest BCUT2D eigenvalue weighted by Crippen LogP contribution is -2.58. The lowest BCUT2D eigenvalue weighted by atomic mass is 10.0. The number of nitrogens with two attached hydrogens (primary N) is 2. The first-order valence-corrected chi connectivity index (χ1v) is 10.9. The summed E-state index contributed by atoms with van der Waals surface area (Å²) < 4.78 is 0. The third-order valence-corrected chi connectivity index (χ3v) is 4.68. The van der Waals surface area contributed by atoms with Gasteiger partial charge in [-0.1, -0.05) is 13.8 Å². The van der Waals surface area contributed by atoms with Crippen molar-refractivity contribution < 1.29 is 29.1 Å². The molecule has 0 spiro atoms. The second-order valence-corrected chi connectivity index (χ2v) is 8.23. The van der Waals surface area contributed by atoms with E-state index < -0.39 is 60.8 Å². The van der Waals surface area contributed by atoms with E-state index in [1.165, 1.54) is 11.8 Å². The first-order chi connectivity index (χ1) is 14.0. The topological polar surface area (TPSA) is 194 Å². The summed E-state index contributed by atoms with van der Waals surface area (Å²) in [6, 6.07) is -4.31. The molecule has 8 N–H and O–H groups in total. The second kappa shape index (κ2) is 14.7. The first-order valence-electron chi connectivity index (χ1n) is 9.55. The van der Waals surface area contributed by atoms with Crippen molar-refractivity contribution in [2.24, 2.45) is 17.4 Å². The Labute approximate surface area is 180 Å². The van der Waals surface area contributed by atoms with Crippen LogP contribution in [-0.2, 0) is 24.0 Å². The molecule has 0 aromatic carbocycles. The zero-order valence-electron chi connectivity index (χ0n) is 17.6. The summed E-state index contributed by atoms with van der Waals surface area (Å²) >= 11 is 1.46. The van der Waals surface area contributed by atoms with E-state index in [0.29, 0.717) is 18.5 Å². The highest BCUT2D eigenvalue weighted by molar-refractivity contribution is 7.98. The quantitative estimate of drug-likeness (QED) is 0.150. The monoisotopic (exact) mass is 447 g/mol. The Morgan fingerprint density at radius 2 is 1.60 bits per heavy atom. The molecule has 0 heterocycles. The van der Waals surface area contributed by atoms with Gasteiger partial charge >= 0.3 is 0 Å². The number of hydrogen-bond donors (Lipinski definition) is 6. The molecule has 0 aliphatic heterocycles. The predicted octanol–water partition coefficient (Wildman–Crippen LogP) is -2.37. The summed E-state index contributed by atoms with van der Waals surface area (Å²) in [6.07, 6.45) is 2.78. The molecule has 4 amide bonds. The molecule has 0 aliphatic carbocycles. The van der Waals surface area contributed by atoms with Crippen LogP contribution in [0.1, 0.15) is 33.1 Å². The van der Waals surface area contributed by atoms with E-state index in [4.69, 9.17) is 11.5 Å². The van der Waals surface area contributed by atoms with Gasteiger partial charge in [-0.05, 0) is 30.8 Å². The van der Waals surface area contributed by atoms with Crippen LogP contribution in [0.5, 0.6) is 0 Å². The lowest BCUT2D eigenvalue weighted by molar-refractivity contribution is -0.134. The first kappa shape index (κ1) is 27.8. The molecule has 12 heteroatoms. The maximum absolute atomic E-state index is 12.6.